The van der Waals surface area contributed by atoms with Gasteiger partial charge in [0.15, 0.2) is 0 Å². The maximum absolute atomic E-state index is 12.6. The molecule has 0 aromatic heterocycles. The second kappa shape index (κ2) is 5.52. The molecule has 0 radical (unpaired) electrons. The number of benzene rings is 1. The molecule has 0 bridgehead atoms. The van der Waals surface area contributed by atoms with Crippen molar-refractivity contribution in [1.29, 1.82) is 0 Å². The van der Waals surface area contributed by atoms with Crippen LogP contribution in [-0.2, 0) is 11.0 Å². The van der Waals surface area contributed by atoms with Crippen LogP contribution in [0, 0.1) is 0 Å². The number of rotatable bonds is 4. The van der Waals surface area contributed by atoms with Gasteiger partial charge in [-0.3, -0.25) is 4.79 Å². The number of alkyl halides is 3. The van der Waals surface area contributed by atoms with E-state index in [1.807, 2.05) is 0 Å². The van der Waals surface area contributed by atoms with E-state index in [-0.39, 0.29) is 18.4 Å². The second-order valence-corrected chi connectivity index (χ2v) is 3.42. The van der Waals surface area contributed by atoms with Crippen molar-refractivity contribution in [1.82, 2.24) is 0 Å². The lowest BCUT2D eigenvalue weighted by Gasteiger charge is -2.09. The molecule has 0 amide bonds. The molecule has 92 valence electrons. The summed E-state index contributed by atoms with van der Waals surface area (Å²) in [5, 5.41) is 8.38. The van der Waals surface area contributed by atoms with E-state index in [1.165, 1.54) is 30.4 Å². The first-order valence-electron chi connectivity index (χ1n) is 4.96. The van der Waals surface area contributed by atoms with Crippen molar-refractivity contribution >= 4 is 12.0 Å². The van der Waals surface area contributed by atoms with Crippen LogP contribution in [0.4, 0.5) is 13.2 Å². The topological polar surface area (TPSA) is 37.3 Å². The first kappa shape index (κ1) is 13.3. The van der Waals surface area contributed by atoms with Crippen molar-refractivity contribution in [2.24, 2.45) is 0 Å². The summed E-state index contributed by atoms with van der Waals surface area (Å²) in [5.41, 5.74) is -0.669. The summed E-state index contributed by atoms with van der Waals surface area (Å²) in [7, 11) is 0. The minimum Gasteiger partial charge on any atom is -0.481 e. The van der Waals surface area contributed by atoms with Gasteiger partial charge in [-0.15, -0.1) is 0 Å². The first-order valence-corrected chi connectivity index (χ1v) is 4.96. The first-order chi connectivity index (χ1) is 7.91. The number of hydrogen-bond donors (Lipinski definition) is 1. The molecule has 0 aliphatic rings. The monoisotopic (exact) mass is 244 g/mol. The number of carboxylic acids is 1. The summed E-state index contributed by atoms with van der Waals surface area (Å²) >= 11 is 0. The van der Waals surface area contributed by atoms with Gasteiger partial charge in [0.25, 0.3) is 0 Å². The summed E-state index contributed by atoms with van der Waals surface area (Å²) in [5.74, 6) is -0.973. The Balaban J connectivity index is 2.81. The normalized spacial score (nSPS) is 11.9. The van der Waals surface area contributed by atoms with Gasteiger partial charge < -0.3 is 5.11 Å². The lowest BCUT2D eigenvalue weighted by molar-refractivity contribution is -0.138. The zero-order valence-corrected chi connectivity index (χ0v) is 8.87. The summed E-state index contributed by atoms with van der Waals surface area (Å²) in [6, 6.07) is 5.17. The third-order valence-corrected chi connectivity index (χ3v) is 2.09. The predicted octanol–water partition coefficient (Wildman–Crippen LogP) is 3.58. The van der Waals surface area contributed by atoms with Gasteiger partial charge in [-0.05, 0) is 18.1 Å². The minimum absolute atomic E-state index is 0.0467. The van der Waals surface area contributed by atoms with Crippen molar-refractivity contribution in [3.63, 3.8) is 0 Å². The predicted molar refractivity (Wildman–Crippen MR) is 57.3 cm³/mol. The molecule has 5 heteroatoms. The van der Waals surface area contributed by atoms with Crippen LogP contribution in [0.1, 0.15) is 24.0 Å². The molecule has 0 aliphatic heterocycles. The van der Waals surface area contributed by atoms with Gasteiger partial charge in [0.2, 0.25) is 0 Å². The molecule has 1 aromatic rings. The van der Waals surface area contributed by atoms with Crippen LogP contribution >= 0.6 is 0 Å². The molecule has 1 N–H and O–H groups in total. The number of aliphatic carboxylic acids is 1. The molecule has 1 rings (SSSR count). The molecular formula is C12H11F3O2. The van der Waals surface area contributed by atoms with E-state index in [2.05, 4.69) is 0 Å². The van der Waals surface area contributed by atoms with E-state index >= 15 is 0 Å². The van der Waals surface area contributed by atoms with Crippen LogP contribution in [0.2, 0.25) is 0 Å². The van der Waals surface area contributed by atoms with E-state index in [0.29, 0.717) is 0 Å². The SMILES string of the molecule is O=C(O)CC/C=C/c1ccccc1C(F)(F)F. The second-order valence-electron chi connectivity index (χ2n) is 3.42. The Morgan fingerprint density at radius 2 is 1.94 bits per heavy atom. The highest BCUT2D eigenvalue weighted by molar-refractivity contribution is 5.67. The van der Waals surface area contributed by atoms with Crippen molar-refractivity contribution in [2.45, 2.75) is 19.0 Å². The molecule has 1 aromatic carbocycles. The van der Waals surface area contributed by atoms with Gasteiger partial charge >= 0.3 is 12.1 Å². The van der Waals surface area contributed by atoms with Crippen LogP contribution in [0.5, 0.6) is 0 Å². The van der Waals surface area contributed by atoms with Gasteiger partial charge in [-0.25, -0.2) is 0 Å². The minimum atomic E-state index is -4.40. The van der Waals surface area contributed by atoms with Gasteiger partial charge in [0.1, 0.15) is 0 Å². The summed E-state index contributed by atoms with van der Waals surface area (Å²) < 4.78 is 37.7. The van der Waals surface area contributed by atoms with E-state index < -0.39 is 17.7 Å². The van der Waals surface area contributed by atoms with Crippen molar-refractivity contribution < 1.29 is 23.1 Å². The Kier molecular flexibility index (Phi) is 4.31. The number of allylic oxidation sites excluding steroid dienone is 1. The zero-order chi connectivity index (χ0) is 12.9. The van der Waals surface area contributed by atoms with Gasteiger partial charge in [0, 0.05) is 6.42 Å². The number of halogens is 3. The van der Waals surface area contributed by atoms with Crippen molar-refractivity contribution in [3.8, 4) is 0 Å². The number of carboxylic acid groups (broad SMARTS) is 1. The molecule has 0 unspecified atom stereocenters. The highest BCUT2D eigenvalue weighted by atomic mass is 19.4. The van der Waals surface area contributed by atoms with Crippen LogP contribution in [0.25, 0.3) is 6.08 Å². The quantitative estimate of drug-likeness (QED) is 0.878. The van der Waals surface area contributed by atoms with Gasteiger partial charge in [0.05, 0.1) is 5.56 Å². The molecule has 2 nitrogen and oxygen atoms in total. The maximum atomic E-state index is 12.6. The van der Waals surface area contributed by atoms with Crippen LogP contribution < -0.4 is 0 Å². The summed E-state index contributed by atoms with van der Waals surface area (Å²) in [6.07, 6.45) is -1.55. The molecule has 0 fully saturated rings. The lowest BCUT2D eigenvalue weighted by Crippen LogP contribution is -2.06. The molecule has 0 saturated carbocycles. The Morgan fingerprint density at radius 3 is 2.53 bits per heavy atom. The summed E-state index contributed by atoms with van der Waals surface area (Å²) in [6.45, 7) is 0. The van der Waals surface area contributed by atoms with Gasteiger partial charge in [-0.1, -0.05) is 30.4 Å². The summed E-state index contributed by atoms with van der Waals surface area (Å²) in [4.78, 5) is 10.2. The average molecular weight is 244 g/mol. The highest BCUT2D eigenvalue weighted by Crippen LogP contribution is 2.32. The van der Waals surface area contributed by atoms with Crippen molar-refractivity contribution in [3.05, 3.63) is 41.5 Å². The fourth-order valence-corrected chi connectivity index (χ4v) is 1.32. The van der Waals surface area contributed by atoms with Crippen LogP contribution in [-0.4, -0.2) is 11.1 Å². The Labute approximate surface area is 96.4 Å². The maximum Gasteiger partial charge on any atom is 0.416 e. The lowest BCUT2D eigenvalue weighted by atomic mass is 10.1. The smallest absolute Gasteiger partial charge is 0.416 e. The van der Waals surface area contributed by atoms with E-state index in [0.717, 1.165) is 6.07 Å². The molecule has 0 saturated heterocycles. The van der Waals surface area contributed by atoms with Crippen LogP contribution in [0.3, 0.4) is 0 Å². The fourth-order valence-electron chi connectivity index (χ4n) is 1.32. The fraction of sp³-hybridized carbons (Fsp3) is 0.250. The van der Waals surface area contributed by atoms with Gasteiger partial charge in [-0.2, -0.15) is 13.2 Å². The molecule has 0 spiro atoms. The van der Waals surface area contributed by atoms with E-state index in [1.54, 1.807) is 0 Å². The molecule has 17 heavy (non-hydrogen) atoms. The Morgan fingerprint density at radius 1 is 1.29 bits per heavy atom. The highest BCUT2D eigenvalue weighted by Gasteiger charge is 2.32. The molecular weight excluding hydrogens is 233 g/mol. The van der Waals surface area contributed by atoms with Crippen LogP contribution in [0.15, 0.2) is 30.3 Å². The van der Waals surface area contributed by atoms with E-state index in [9.17, 15) is 18.0 Å². The third-order valence-electron chi connectivity index (χ3n) is 2.09. The number of hydrogen-bond acceptors (Lipinski definition) is 1. The largest absolute Gasteiger partial charge is 0.481 e. The Hall–Kier alpha value is -1.78. The standard InChI is InChI=1S/C12H11F3O2/c13-12(14,15)10-7-3-1-5-9(10)6-2-4-8-11(16)17/h1-3,5-7H,4,8H2,(H,16,17)/b6-2+. The number of carbonyl (C=O) groups is 1. The van der Waals surface area contributed by atoms with Crippen molar-refractivity contribution in [2.75, 3.05) is 0 Å². The van der Waals surface area contributed by atoms with E-state index in [4.69, 9.17) is 5.11 Å². The Bertz CT molecular complexity index is 422. The third kappa shape index (κ3) is 4.30. The average Bonchev–Trinajstić information content (AvgIpc) is 2.23. The zero-order valence-electron chi connectivity index (χ0n) is 8.87. The molecule has 0 atom stereocenters. The molecule has 0 aliphatic carbocycles. The molecule has 0 heterocycles.